The van der Waals surface area contributed by atoms with Crippen molar-refractivity contribution in [2.24, 2.45) is 5.92 Å². The second kappa shape index (κ2) is 3.60. The first kappa shape index (κ1) is 9.77. The molecule has 4 nitrogen and oxygen atoms in total. The lowest BCUT2D eigenvalue weighted by Gasteiger charge is -2.06. The molecule has 0 aromatic heterocycles. The van der Waals surface area contributed by atoms with Crippen molar-refractivity contribution >= 4 is 11.8 Å². The van der Waals surface area contributed by atoms with Gasteiger partial charge in [0.15, 0.2) is 6.61 Å². The summed E-state index contributed by atoms with van der Waals surface area (Å²) in [6.07, 6.45) is 0. The average molecular weight is 184 g/mol. The van der Waals surface area contributed by atoms with Crippen molar-refractivity contribution in [3.63, 3.8) is 0 Å². The molecule has 1 heterocycles. The van der Waals surface area contributed by atoms with E-state index in [1.807, 2.05) is 13.8 Å². The molecule has 0 atom stereocenters. The van der Waals surface area contributed by atoms with E-state index in [1.54, 1.807) is 0 Å². The first-order chi connectivity index (χ1) is 6.07. The van der Waals surface area contributed by atoms with Gasteiger partial charge < -0.3 is 9.47 Å². The maximum absolute atomic E-state index is 11.2. The molecule has 1 rings (SSSR count). The van der Waals surface area contributed by atoms with Crippen molar-refractivity contribution < 1.29 is 19.1 Å². The molecule has 72 valence electrons. The highest BCUT2D eigenvalue weighted by Crippen LogP contribution is 2.23. The van der Waals surface area contributed by atoms with E-state index < -0.39 is 5.97 Å². The molecule has 4 heteroatoms. The number of carbonyl (C=O) groups is 2. The number of ketones is 1. The summed E-state index contributed by atoms with van der Waals surface area (Å²) in [7, 11) is 1.25. The number of esters is 1. The maximum atomic E-state index is 11.2. The van der Waals surface area contributed by atoms with Gasteiger partial charge in [-0.25, -0.2) is 4.79 Å². The second-order valence-corrected chi connectivity index (χ2v) is 3.10. The fourth-order valence-electron chi connectivity index (χ4n) is 1.20. The van der Waals surface area contributed by atoms with Crippen molar-refractivity contribution in [3.8, 4) is 0 Å². The smallest absolute Gasteiger partial charge is 0.345 e. The third-order valence-corrected chi connectivity index (χ3v) is 1.80. The summed E-state index contributed by atoms with van der Waals surface area (Å²) in [5.74, 6) is -0.431. The molecule has 0 N–H and O–H groups in total. The molecule has 0 spiro atoms. The Morgan fingerprint density at radius 3 is 2.62 bits per heavy atom. The Hall–Kier alpha value is -1.32. The van der Waals surface area contributed by atoms with Gasteiger partial charge in [0.05, 0.1) is 7.11 Å². The number of ether oxygens (including phenoxy) is 2. The van der Waals surface area contributed by atoms with E-state index >= 15 is 0 Å². The normalized spacial score (nSPS) is 16.5. The minimum Gasteiger partial charge on any atom is -0.488 e. The van der Waals surface area contributed by atoms with Crippen LogP contribution in [0.1, 0.15) is 13.8 Å². The van der Waals surface area contributed by atoms with Gasteiger partial charge in [-0.3, -0.25) is 4.79 Å². The van der Waals surface area contributed by atoms with Gasteiger partial charge in [0, 0.05) is 5.92 Å². The molecular formula is C9H12O4. The molecule has 0 fully saturated rings. The van der Waals surface area contributed by atoms with Crippen LogP contribution in [0.4, 0.5) is 0 Å². The van der Waals surface area contributed by atoms with Gasteiger partial charge in [0.1, 0.15) is 11.3 Å². The molecule has 0 aliphatic carbocycles. The fourth-order valence-corrected chi connectivity index (χ4v) is 1.20. The Kier molecular flexibility index (Phi) is 2.70. The molecule has 0 radical (unpaired) electrons. The highest BCUT2D eigenvalue weighted by Gasteiger charge is 2.32. The lowest BCUT2D eigenvalue weighted by atomic mass is 10.1. The minimum atomic E-state index is -0.605. The van der Waals surface area contributed by atoms with Crippen LogP contribution in [0.25, 0.3) is 0 Å². The Bertz CT molecular complexity index is 275. The molecule has 1 aliphatic rings. The molecular weight excluding hydrogens is 172 g/mol. The summed E-state index contributed by atoms with van der Waals surface area (Å²) in [4.78, 5) is 22.4. The van der Waals surface area contributed by atoms with Crippen LogP contribution < -0.4 is 0 Å². The van der Waals surface area contributed by atoms with Gasteiger partial charge in [0.25, 0.3) is 0 Å². The zero-order valence-electron chi connectivity index (χ0n) is 7.92. The number of allylic oxidation sites excluding steroid dienone is 1. The third kappa shape index (κ3) is 1.71. The number of Topliss-reactive ketones (excluding diaryl/α,β-unsaturated/α-hetero) is 1. The number of rotatable bonds is 2. The van der Waals surface area contributed by atoms with Gasteiger partial charge in [-0.15, -0.1) is 0 Å². The lowest BCUT2D eigenvalue weighted by Crippen LogP contribution is -2.14. The molecule has 0 unspecified atom stereocenters. The Morgan fingerprint density at radius 2 is 2.15 bits per heavy atom. The SMILES string of the molecule is COC(=O)C1=C(C(C)C)OCC1=O. The highest BCUT2D eigenvalue weighted by molar-refractivity contribution is 6.19. The standard InChI is InChI=1S/C9H12O4/c1-5(2)8-7(9(11)12-3)6(10)4-13-8/h5H,4H2,1-3H3. The van der Waals surface area contributed by atoms with Crippen LogP contribution in [-0.2, 0) is 19.1 Å². The molecule has 0 aromatic rings. The van der Waals surface area contributed by atoms with Gasteiger partial charge in [-0.1, -0.05) is 13.8 Å². The van der Waals surface area contributed by atoms with E-state index in [9.17, 15) is 9.59 Å². The third-order valence-electron chi connectivity index (χ3n) is 1.80. The van der Waals surface area contributed by atoms with Crippen LogP contribution in [0.2, 0.25) is 0 Å². The van der Waals surface area contributed by atoms with Crippen LogP contribution in [0.15, 0.2) is 11.3 Å². The molecule has 0 saturated heterocycles. The molecule has 0 amide bonds. The summed E-state index contributed by atoms with van der Waals surface area (Å²) in [5.41, 5.74) is 0.0671. The first-order valence-electron chi connectivity index (χ1n) is 4.06. The minimum absolute atomic E-state index is 0.0283. The van der Waals surface area contributed by atoms with E-state index in [2.05, 4.69) is 4.74 Å². The van der Waals surface area contributed by atoms with E-state index in [4.69, 9.17) is 4.74 Å². The quantitative estimate of drug-likeness (QED) is 0.467. The van der Waals surface area contributed by atoms with E-state index in [0.29, 0.717) is 5.76 Å². The summed E-state index contributed by atoms with van der Waals surface area (Å²) < 4.78 is 9.58. The van der Waals surface area contributed by atoms with E-state index in [-0.39, 0.29) is 23.9 Å². The number of methoxy groups -OCH3 is 1. The first-order valence-corrected chi connectivity index (χ1v) is 4.06. The molecule has 1 aliphatic heterocycles. The molecule has 0 aromatic carbocycles. The molecule has 13 heavy (non-hydrogen) atoms. The van der Waals surface area contributed by atoms with Crippen LogP contribution in [0, 0.1) is 5.92 Å². The van der Waals surface area contributed by atoms with Gasteiger partial charge in [-0.2, -0.15) is 0 Å². The van der Waals surface area contributed by atoms with Crippen molar-refractivity contribution in [2.75, 3.05) is 13.7 Å². The van der Waals surface area contributed by atoms with E-state index in [1.165, 1.54) is 7.11 Å². The van der Waals surface area contributed by atoms with Gasteiger partial charge in [0.2, 0.25) is 5.78 Å². The van der Waals surface area contributed by atoms with Crippen molar-refractivity contribution in [2.45, 2.75) is 13.8 Å². The van der Waals surface area contributed by atoms with Gasteiger partial charge >= 0.3 is 5.97 Å². The van der Waals surface area contributed by atoms with Crippen molar-refractivity contribution in [1.82, 2.24) is 0 Å². The second-order valence-electron chi connectivity index (χ2n) is 3.10. The van der Waals surface area contributed by atoms with Crippen LogP contribution in [0.5, 0.6) is 0 Å². The Labute approximate surface area is 76.5 Å². The zero-order chi connectivity index (χ0) is 10.0. The van der Waals surface area contributed by atoms with Crippen LogP contribution >= 0.6 is 0 Å². The number of hydrogen-bond acceptors (Lipinski definition) is 4. The van der Waals surface area contributed by atoms with E-state index in [0.717, 1.165) is 0 Å². The Balaban J connectivity index is 3.03. The fraction of sp³-hybridized carbons (Fsp3) is 0.556. The summed E-state index contributed by atoms with van der Waals surface area (Å²) in [5, 5.41) is 0. The molecule has 0 bridgehead atoms. The Morgan fingerprint density at radius 1 is 1.54 bits per heavy atom. The van der Waals surface area contributed by atoms with Crippen LogP contribution in [0.3, 0.4) is 0 Å². The molecule has 0 saturated carbocycles. The average Bonchev–Trinajstić information content (AvgIpc) is 2.46. The van der Waals surface area contributed by atoms with Crippen molar-refractivity contribution in [1.29, 1.82) is 0 Å². The number of hydrogen-bond donors (Lipinski definition) is 0. The van der Waals surface area contributed by atoms with Crippen LogP contribution in [-0.4, -0.2) is 25.5 Å². The highest BCUT2D eigenvalue weighted by atomic mass is 16.5. The summed E-state index contributed by atoms with van der Waals surface area (Å²) >= 11 is 0. The lowest BCUT2D eigenvalue weighted by molar-refractivity contribution is -0.137. The summed E-state index contributed by atoms with van der Waals surface area (Å²) in [6.45, 7) is 3.67. The predicted octanol–water partition coefficient (Wildman–Crippen LogP) is 0.669. The predicted molar refractivity (Wildman–Crippen MR) is 44.8 cm³/mol. The largest absolute Gasteiger partial charge is 0.488 e. The maximum Gasteiger partial charge on any atom is 0.345 e. The van der Waals surface area contributed by atoms with Gasteiger partial charge in [-0.05, 0) is 0 Å². The number of carbonyl (C=O) groups excluding carboxylic acids is 2. The monoisotopic (exact) mass is 184 g/mol. The summed E-state index contributed by atoms with van der Waals surface area (Å²) in [6, 6.07) is 0. The zero-order valence-corrected chi connectivity index (χ0v) is 7.92. The van der Waals surface area contributed by atoms with Crippen molar-refractivity contribution in [3.05, 3.63) is 11.3 Å². The topological polar surface area (TPSA) is 52.6 Å².